The fourth-order valence-electron chi connectivity index (χ4n) is 11.7. The molecule has 3 heteroatoms. The van der Waals surface area contributed by atoms with Crippen molar-refractivity contribution in [3.63, 3.8) is 0 Å². The Kier molecular flexibility index (Phi) is 16.4. The van der Waals surface area contributed by atoms with Crippen molar-refractivity contribution in [2.45, 2.75) is 221 Å². The van der Waals surface area contributed by atoms with Crippen molar-refractivity contribution in [2.24, 2.45) is 46.3 Å². The highest BCUT2D eigenvalue weighted by molar-refractivity contribution is 5.69. The van der Waals surface area contributed by atoms with Crippen molar-refractivity contribution in [3.8, 4) is 0 Å². The topological polar surface area (TPSA) is 46.5 Å². The van der Waals surface area contributed by atoms with Gasteiger partial charge in [-0.1, -0.05) is 143 Å². The van der Waals surface area contributed by atoms with Gasteiger partial charge in [-0.3, -0.25) is 4.79 Å². The maximum Gasteiger partial charge on any atom is 0.306 e. The smallest absolute Gasteiger partial charge is 0.306 e. The molecule has 1 N–H and O–H groups in total. The molecule has 2 unspecified atom stereocenters. The second kappa shape index (κ2) is 19.7. The van der Waals surface area contributed by atoms with E-state index in [1.54, 1.807) is 5.57 Å². The molecule has 0 bridgehead atoms. The number of carbonyl (C=O) groups is 1. The molecule has 4 rings (SSSR count). The minimum atomic E-state index is -0.0850. The third kappa shape index (κ3) is 10.8. The van der Waals surface area contributed by atoms with Gasteiger partial charge < -0.3 is 9.84 Å². The Bertz CT molecular complexity index is 969. The van der Waals surface area contributed by atoms with Crippen LogP contribution < -0.4 is 0 Å². The van der Waals surface area contributed by atoms with Gasteiger partial charge in [0.25, 0.3) is 0 Å². The zero-order valence-corrected chi connectivity index (χ0v) is 32.8. The Labute approximate surface area is 298 Å². The van der Waals surface area contributed by atoms with Gasteiger partial charge in [0.15, 0.2) is 0 Å². The van der Waals surface area contributed by atoms with Crippen LogP contribution in [0.25, 0.3) is 0 Å². The van der Waals surface area contributed by atoms with E-state index < -0.39 is 0 Å². The van der Waals surface area contributed by atoms with E-state index in [4.69, 9.17) is 4.74 Å². The Hall–Kier alpha value is -0.830. The molecule has 278 valence electrons. The molecule has 3 nitrogen and oxygen atoms in total. The summed E-state index contributed by atoms with van der Waals surface area (Å²) < 4.78 is 6.12. The molecule has 4 aliphatic rings. The number of fused-ring (bicyclic) bond motifs is 5. The lowest BCUT2D eigenvalue weighted by atomic mass is 9.47. The van der Waals surface area contributed by atoms with E-state index in [1.165, 1.54) is 116 Å². The summed E-state index contributed by atoms with van der Waals surface area (Å²) in [6.07, 6.45) is 34.3. The first-order valence-corrected chi connectivity index (χ1v) is 21.7. The molecule has 0 aromatic carbocycles. The predicted octanol–water partition coefficient (Wildman–Crippen LogP) is 13.2. The molecule has 0 spiro atoms. The normalized spacial score (nSPS) is 32.7. The van der Waals surface area contributed by atoms with E-state index in [9.17, 15) is 9.90 Å². The SMILES string of the molecule is CCCCCCC(O)CCCCCCCCCCC(=O)OC1CC[C@@]2(C)C(=CC[C@H]3[C@@H]4CC[C@H]([C@H](C)CCCC(C)C)[C@@]4(C)CC[C@@H]32)C1. The predicted molar refractivity (Wildman–Crippen MR) is 204 cm³/mol. The summed E-state index contributed by atoms with van der Waals surface area (Å²) in [6, 6.07) is 0. The number of rotatable bonds is 22. The summed E-state index contributed by atoms with van der Waals surface area (Å²) >= 11 is 0. The molecule has 3 fully saturated rings. The molecule has 4 aliphatic carbocycles. The van der Waals surface area contributed by atoms with Crippen LogP contribution in [0.4, 0.5) is 0 Å². The summed E-state index contributed by atoms with van der Waals surface area (Å²) in [5.41, 5.74) is 2.50. The highest BCUT2D eigenvalue weighted by Gasteiger charge is 2.59. The average Bonchev–Trinajstić information content (AvgIpc) is 3.41. The van der Waals surface area contributed by atoms with Crippen molar-refractivity contribution in [2.75, 3.05) is 0 Å². The molecule has 9 atom stereocenters. The van der Waals surface area contributed by atoms with Crippen molar-refractivity contribution < 1.29 is 14.6 Å². The first-order chi connectivity index (χ1) is 23.1. The number of hydrogen-bond donors (Lipinski definition) is 1. The van der Waals surface area contributed by atoms with Gasteiger partial charge in [0, 0.05) is 12.8 Å². The number of aliphatic hydroxyl groups is 1. The summed E-state index contributed by atoms with van der Waals surface area (Å²) in [7, 11) is 0. The third-order valence-corrected chi connectivity index (χ3v) is 14.6. The van der Waals surface area contributed by atoms with Crippen LogP contribution >= 0.6 is 0 Å². The maximum absolute atomic E-state index is 12.8. The number of esters is 1. The summed E-state index contributed by atoms with van der Waals surface area (Å²) in [5, 5.41) is 10.1. The van der Waals surface area contributed by atoms with Crippen LogP contribution in [0, 0.1) is 46.3 Å². The van der Waals surface area contributed by atoms with Crippen molar-refractivity contribution in [3.05, 3.63) is 11.6 Å². The maximum atomic E-state index is 12.8. The van der Waals surface area contributed by atoms with Gasteiger partial charge in [-0.25, -0.2) is 0 Å². The van der Waals surface area contributed by atoms with Gasteiger partial charge in [0.1, 0.15) is 6.10 Å². The number of hydrogen-bond acceptors (Lipinski definition) is 3. The van der Waals surface area contributed by atoms with E-state index in [0.29, 0.717) is 17.3 Å². The molecule has 0 saturated heterocycles. The summed E-state index contributed by atoms with van der Waals surface area (Å²) in [6.45, 7) is 14.9. The van der Waals surface area contributed by atoms with E-state index in [1.807, 2.05) is 0 Å². The van der Waals surface area contributed by atoms with E-state index in [2.05, 4.69) is 47.6 Å². The quantitative estimate of drug-likeness (QED) is 0.0709. The number of ether oxygens (including phenoxy) is 1. The monoisotopic (exact) mass is 669 g/mol. The lowest BCUT2D eigenvalue weighted by Crippen LogP contribution is -2.51. The highest BCUT2D eigenvalue weighted by Crippen LogP contribution is 2.67. The lowest BCUT2D eigenvalue weighted by Gasteiger charge is -2.58. The third-order valence-electron chi connectivity index (χ3n) is 14.6. The van der Waals surface area contributed by atoms with Crippen LogP contribution in [0.2, 0.25) is 0 Å². The van der Waals surface area contributed by atoms with Crippen LogP contribution in [0.15, 0.2) is 11.6 Å². The van der Waals surface area contributed by atoms with Crippen LogP contribution in [-0.4, -0.2) is 23.3 Å². The largest absolute Gasteiger partial charge is 0.462 e. The molecule has 0 radical (unpaired) electrons. The van der Waals surface area contributed by atoms with Gasteiger partial charge in [-0.05, 0) is 111 Å². The number of unbranched alkanes of at least 4 members (excludes halogenated alkanes) is 10. The van der Waals surface area contributed by atoms with Crippen molar-refractivity contribution in [1.82, 2.24) is 0 Å². The van der Waals surface area contributed by atoms with Gasteiger partial charge in [0.2, 0.25) is 0 Å². The molecule has 0 aliphatic heterocycles. The Morgan fingerprint density at radius 2 is 1.46 bits per heavy atom. The Morgan fingerprint density at radius 3 is 2.15 bits per heavy atom. The molecule has 0 aromatic heterocycles. The van der Waals surface area contributed by atoms with Gasteiger partial charge in [-0.15, -0.1) is 0 Å². The standard InChI is InChI=1S/C45H80O3/c1-7-8-9-16-22-37(46)23-17-14-12-10-11-13-15-18-24-43(47)48-38-29-31-44(5)36(33-38)25-26-39-41-28-27-40(35(4)21-19-20-34(2)3)45(41,6)32-30-42(39)44/h25,34-35,37-42,46H,7-24,26-33H2,1-6H3/t35-,37?,38?,39+,40-,41+,42+,44+,45-/m1/s1. The van der Waals surface area contributed by atoms with Crippen LogP contribution in [0.1, 0.15) is 208 Å². The zero-order chi connectivity index (χ0) is 34.6. The van der Waals surface area contributed by atoms with Gasteiger partial charge >= 0.3 is 5.97 Å². The summed E-state index contributed by atoms with van der Waals surface area (Å²) in [4.78, 5) is 12.8. The fraction of sp³-hybridized carbons (Fsp3) is 0.933. The molecular weight excluding hydrogens is 588 g/mol. The number of carbonyl (C=O) groups excluding carboxylic acids is 1. The lowest BCUT2D eigenvalue weighted by molar-refractivity contribution is -0.151. The second-order valence-corrected chi connectivity index (χ2v) is 18.5. The molecule has 3 saturated carbocycles. The first-order valence-electron chi connectivity index (χ1n) is 21.7. The first kappa shape index (κ1) is 39.9. The minimum Gasteiger partial charge on any atom is -0.462 e. The molecule has 48 heavy (non-hydrogen) atoms. The average molecular weight is 669 g/mol. The van der Waals surface area contributed by atoms with Crippen LogP contribution in [0.3, 0.4) is 0 Å². The Morgan fingerprint density at radius 1 is 0.792 bits per heavy atom. The number of aliphatic hydroxyl groups excluding tert-OH is 1. The molecule has 0 heterocycles. The zero-order valence-electron chi connectivity index (χ0n) is 32.8. The van der Waals surface area contributed by atoms with Gasteiger partial charge in [-0.2, -0.15) is 0 Å². The van der Waals surface area contributed by atoms with E-state index in [0.717, 1.165) is 80.5 Å². The van der Waals surface area contributed by atoms with Crippen molar-refractivity contribution in [1.29, 1.82) is 0 Å². The minimum absolute atomic E-state index is 0.0408. The summed E-state index contributed by atoms with van der Waals surface area (Å²) in [5.74, 6) is 5.26. The molecule has 0 aromatic rings. The van der Waals surface area contributed by atoms with Crippen LogP contribution in [0.5, 0.6) is 0 Å². The molecular formula is C45H80O3. The van der Waals surface area contributed by atoms with Crippen LogP contribution in [-0.2, 0) is 9.53 Å². The Balaban J connectivity index is 1.10. The molecule has 0 amide bonds. The second-order valence-electron chi connectivity index (χ2n) is 18.5. The van der Waals surface area contributed by atoms with Gasteiger partial charge in [0.05, 0.1) is 6.10 Å². The fourth-order valence-corrected chi connectivity index (χ4v) is 11.7. The highest BCUT2D eigenvalue weighted by atomic mass is 16.5. The number of allylic oxidation sites excluding steroid dienone is 1. The van der Waals surface area contributed by atoms with E-state index >= 15 is 0 Å². The van der Waals surface area contributed by atoms with Crippen molar-refractivity contribution >= 4 is 5.97 Å². The van der Waals surface area contributed by atoms with E-state index in [-0.39, 0.29) is 18.2 Å².